The van der Waals surface area contributed by atoms with Gasteiger partial charge in [0.1, 0.15) is 6.04 Å². The van der Waals surface area contributed by atoms with Crippen LogP contribution in [0.25, 0.3) is 0 Å². The average molecular weight is 382 g/mol. The highest BCUT2D eigenvalue weighted by molar-refractivity contribution is 5.99. The van der Waals surface area contributed by atoms with Crippen LogP contribution in [0.4, 0.5) is 5.69 Å². The first-order valence-electron chi connectivity index (χ1n) is 9.10. The van der Waals surface area contributed by atoms with Gasteiger partial charge < -0.3 is 20.1 Å². The predicted octanol–water partition coefficient (Wildman–Crippen LogP) is 1.68. The lowest BCUT2D eigenvalue weighted by atomic mass is 10.0. The van der Waals surface area contributed by atoms with E-state index in [1.807, 2.05) is 48.5 Å². The van der Waals surface area contributed by atoms with Gasteiger partial charge >= 0.3 is 5.97 Å². The molecule has 1 heterocycles. The normalized spacial score (nSPS) is 18.6. The second kappa shape index (κ2) is 9.14. The summed E-state index contributed by atoms with van der Waals surface area (Å²) in [5.41, 5.74) is 1.53. The number of hydrogen-bond acceptors (Lipinski definition) is 5. The maximum absolute atomic E-state index is 12.8. The van der Waals surface area contributed by atoms with Crippen LogP contribution in [-0.2, 0) is 30.3 Å². The lowest BCUT2D eigenvalue weighted by Gasteiger charge is -2.18. The van der Waals surface area contributed by atoms with Gasteiger partial charge in [-0.05, 0) is 24.6 Å². The summed E-state index contributed by atoms with van der Waals surface area (Å²) in [7, 11) is 0. The van der Waals surface area contributed by atoms with E-state index in [0.29, 0.717) is 12.1 Å². The van der Waals surface area contributed by atoms with Crippen molar-refractivity contribution in [1.82, 2.24) is 5.32 Å². The van der Waals surface area contributed by atoms with Crippen molar-refractivity contribution < 1.29 is 23.9 Å². The number of carbonyl (C=O) groups is 3. The van der Waals surface area contributed by atoms with Gasteiger partial charge in [0.05, 0.1) is 6.61 Å². The van der Waals surface area contributed by atoms with E-state index in [2.05, 4.69) is 10.6 Å². The Morgan fingerprint density at radius 3 is 2.29 bits per heavy atom. The molecular formula is C21H22N2O5. The zero-order valence-electron chi connectivity index (χ0n) is 15.5. The third-order valence-electron chi connectivity index (χ3n) is 4.23. The van der Waals surface area contributed by atoms with Crippen LogP contribution < -0.4 is 10.6 Å². The second-order valence-electron chi connectivity index (χ2n) is 6.34. The Morgan fingerprint density at radius 2 is 1.64 bits per heavy atom. The van der Waals surface area contributed by atoms with Crippen LogP contribution in [0.5, 0.6) is 0 Å². The second-order valence-corrected chi connectivity index (χ2v) is 6.34. The molecule has 2 unspecified atom stereocenters. The van der Waals surface area contributed by atoms with E-state index >= 15 is 0 Å². The number of benzene rings is 2. The largest absolute Gasteiger partial charge is 0.464 e. The quantitative estimate of drug-likeness (QED) is 0.535. The number of para-hydroxylation sites is 1. The van der Waals surface area contributed by atoms with Crippen molar-refractivity contribution in [3.05, 3.63) is 66.2 Å². The summed E-state index contributed by atoms with van der Waals surface area (Å²) in [6.45, 7) is 1.89. The molecule has 146 valence electrons. The van der Waals surface area contributed by atoms with Crippen molar-refractivity contribution in [3.8, 4) is 0 Å². The fourth-order valence-corrected chi connectivity index (χ4v) is 2.78. The number of amides is 2. The molecule has 1 saturated heterocycles. The Labute approximate surface area is 163 Å². The van der Waals surface area contributed by atoms with Crippen molar-refractivity contribution in [2.24, 2.45) is 0 Å². The molecule has 2 aromatic carbocycles. The molecule has 2 N–H and O–H groups in total. The van der Waals surface area contributed by atoms with Gasteiger partial charge in [0, 0.05) is 12.1 Å². The Kier molecular flexibility index (Phi) is 6.39. The summed E-state index contributed by atoms with van der Waals surface area (Å²) in [5.74, 6) is -1.44. The molecule has 3 atom stereocenters. The van der Waals surface area contributed by atoms with E-state index in [4.69, 9.17) is 9.47 Å². The van der Waals surface area contributed by atoms with Crippen molar-refractivity contribution in [2.45, 2.75) is 31.6 Å². The molecule has 0 saturated carbocycles. The molecule has 0 bridgehead atoms. The van der Waals surface area contributed by atoms with E-state index in [1.54, 1.807) is 19.1 Å². The van der Waals surface area contributed by atoms with Gasteiger partial charge in [0.15, 0.2) is 12.2 Å². The van der Waals surface area contributed by atoms with E-state index in [-0.39, 0.29) is 12.5 Å². The molecule has 1 fully saturated rings. The van der Waals surface area contributed by atoms with Gasteiger partial charge in [0.2, 0.25) is 5.91 Å². The fraction of sp³-hybridized carbons (Fsp3) is 0.286. The molecular weight excluding hydrogens is 360 g/mol. The van der Waals surface area contributed by atoms with Gasteiger partial charge in [-0.1, -0.05) is 48.5 Å². The molecule has 7 nitrogen and oxygen atoms in total. The summed E-state index contributed by atoms with van der Waals surface area (Å²) in [6, 6.07) is 17.5. The highest BCUT2D eigenvalue weighted by atomic mass is 16.6. The number of esters is 1. The minimum atomic E-state index is -0.929. The minimum Gasteiger partial charge on any atom is -0.464 e. The third kappa shape index (κ3) is 5.17. The third-order valence-corrected chi connectivity index (χ3v) is 4.23. The van der Waals surface area contributed by atoms with Crippen molar-refractivity contribution >= 4 is 23.5 Å². The minimum absolute atomic E-state index is 0.211. The zero-order valence-corrected chi connectivity index (χ0v) is 15.5. The van der Waals surface area contributed by atoms with E-state index in [1.165, 1.54) is 0 Å². The molecule has 1 aliphatic rings. The molecule has 0 aliphatic carbocycles. The maximum Gasteiger partial charge on any atom is 0.338 e. The molecule has 0 spiro atoms. The lowest BCUT2D eigenvalue weighted by Crippen LogP contribution is -2.47. The van der Waals surface area contributed by atoms with Gasteiger partial charge in [-0.2, -0.15) is 0 Å². The first-order valence-corrected chi connectivity index (χ1v) is 9.10. The molecule has 2 amide bonds. The van der Waals surface area contributed by atoms with E-state index in [9.17, 15) is 14.4 Å². The zero-order chi connectivity index (χ0) is 19.9. The molecule has 7 heteroatoms. The van der Waals surface area contributed by atoms with Crippen LogP contribution in [0.15, 0.2) is 60.7 Å². The Balaban J connectivity index is 1.67. The number of hydrogen-bond donors (Lipinski definition) is 2. The van der Waals surface area contributed by atoms with Gasteiger partial charge in [-0.3, -0.25) is 9.59 Å². The van der Waals surface area contributed by atoms with Crippen LogP contribution in [0.1, 0.15) is 12.5 Å². The first-order chi connectivity index (χ1) is 13.6. The van der Waals surface area contributed by atoms with Gasteiger partial charge in [0.25, 0.3) is 5.91 Å². The SMILES string of the molecule is CCOC(=O)C1OC1C(=O)N[C@@H](Cc1ccccc1)C(=O)Nc1ccccc1. The highest BCUT2D eigenvalue weighted by Crippen LogP contribution is 2.24. The number of anilines is 1. The summed E-state index contributed by atoms with van der Waals surface area (Å²) >= 11 is 0. The van der Waals surface area contributed by atoms with Crippen LogP contribution in [0.2, 0.25) is 0 Å². The Hall–Kier alpha value is -3.19. The van der Waals surface area contributed by atoms with Crippen LogP contribution >= 0.6 is 0 Å². The molecule has 1 aliphatic heterocycles. The first kappa shape index (κ1) is 19.6. The van der Waals surface area contributed by atoms with Crippen LogP contribution in [0.3, 0.4) is 0 Å². The van der Waals surface area contributed by atoms with Crippen molar-refractivity contribution in [2.75, 3.05) is 11.9 Å². The fourth-order valence-electron chi connectivity index (χ4n) is 2.78. The van der Waals surface area contributed by atoms with Crippen LogP contribution in [0, 0.1) is 0 Å². The molecule has 2 aromatic rings. The summed E-state index contributed by atoms with van der Waals surface area (Å²) in [4.78, 5) is 36.9. The monoisotopic (exact) mass is 382 g/mol. The lowest BCUT2D eigenvalue weighted by molar-refractivity contribution is -0.144. The smallest absolute Gasteiger partial charge is 0.338 e. The number of rotatable bonds is 8. The number of epoxide rings is 1. The summed E-state index contributed by atoms with van der Waals surface area (Å²) in [5, 5.41) is 5.49. The average Bonchev–Trinajstić information content (AvgIpc) is 3.50. The topological polar surface area (TPSA) is 97.0 Å². The number of nitrogens with one attached hydrogen (secondary N) is 2. The molecule has 0 radical (unpaired) electrons. The van der Waals surface area contributed by atoms with E-state index in [0.717, 1.165) is 5.56 Å². The number of ether oxygens (including phenoxy) is 2. The maximum atomic E-state index is 12.8. The molecule has 0 aromatic heterocycles. The molecule has 28 heavy (non-hydrogen) atoms. The van der Waals surface area contributed by atoms with Gasteiger partial charge in [-0.25, -0.2) is 4.79 Å². The highest BCUT2D eigenvalue weighted by Gasteiger charge is 2.52. The number of carbonyl (C=O) groups excluding carboxylic acids is 3. The van der Waals surface area contributed by atoms with Gasteiger partial charge in [-0.15, -0.1) is 0 Å². The van der Waals surface area contributed by atoms with Crippen molar-refractivity contribution in [3.63, 3.8) is 0 Å². The van der Waals surface area contributed by atoms with Crippen LogP contribution in [-0.4, -0.2) is 42.6 Å². The molecule has 3 rings (SSSR count). The van der Waals surface area contributed by atoms with E-state index < -0.39 is 30.1 Å². The van der Waals surface area contributed by atoms with Crippen molar-refractivity contribution in [1.29, 1.82) is 0 Å². The predicted molar refractivity (Wildman–Crippen MR) is 102 cm³/mol. The standard InChI is InChI=1S/C21H22N2O5/c1-2-27-21(26)18-17(28-18)20(25)23-16(13-14-9-5-3-6-10-14)19(24)22-15-11-7-4-8-12-15/h3-12,16-18H,2,13H2,1H3,(H,22,24)(H,23,25)/t16-,17?,18?/m0/s1. The Bertz CT molecular complexity index is 825. The summed E-state index contributed by atoms with van der Waals surface area (Å²) < 4.78 is 9.97. The Morgan fingerprint density at radius 1 is 1.00 bits per heavy atom. The summed E-state index contributed by atoms with van der Waals surface area (Å²) in [6.07, 6.45) is -1.53.